The number of para-hydroxylation sites is 3. The number of benzene rings is 5. The van der Waals surface area contributed by atoms with Crippen LogP contribution in [0, 0.1) is 0 Å². The van der Waals surface area contributed by atoms with E-state index in [4.69, 9.17) is 9.41 Å². The van der Waals surface area contributed by atoms with Crippen molar-refractivity contribution in [1.82, 2.24) is 5.32 Å². The van der Waals surface area contributed by atoms with Crippen LogP contribution in [0.15, 0.2) is 173 Å². The molecule has 4 heteroatoms. The molecule has 0 saturated heterocycles. The van der Waals surface area contributed by atoms with Crippen LogP contribution in [0.1, 0.15) is 52.6 Å². The van der Waals surface area contributed by atoms with Gasteiger partial charge in [-0.05, 0) is 70.0 Å². The predicted molar refractivity (Wildman–Crippen MR) is 207 cm³/mol. The van der Waals surface area contributed by atoms with E-state index in [0.717, 1.165) is 46.3 Å². The van der Waals surface area contributed by atoms with Gasteiger partial charge in [0, 0.05) is 34.1 Å². The molecular weight excluding hydrogens is 611 g/mol. The highest BCUT2D eigenvalue weighted by Gasteiger charge is 2.40. The van der Waals surface area contributed by atoms with Gasteiger partial charge < -0.3 is 14.6 Å². The number of hydrogen-bond donors (Lipinski definition) is 1. The molecule has 0 bridgehead atoms. The summed E-state index contributed by atoms with van der Waals surface area (Å²) in [6.07, 6.45) is 18.1. The lowest BCUT2D eigenvalue weighted by molar-refractivity contribution is 0.667. The molecule has 2 aliphatic carbocycles. The Morgan fingerprint density at radius 3 is 2.46 bits per heavy atom. The number of allylic oxidation sites excluding steroid dienone is 6. The van der Waals surface area contributed by atoms with E-state index >= 15 is 0 Å². The van der Waals surface area contributed by atoms with Crippen molar-refractivity contribution in [2.24, 2.45) is 4.99 Å². The number of nitrogens with zero attached hydrogens (tertiary/aromatic N) is 2. The van der Waals surface area contributed by atoms with Crippen molar-refractivity contribution < 1.29 is 4.42 Å². The van der Waals surface area contributed by atoms with Crippen LogP contribution in [0.5, 0.6) is 0 Å². The number of aliphatic imine (C=N–C) groups is 1. The second-order valence-corrected chi connectivity index (χ2v) is 13.5. The Hall–Kier alpha value is -6.13. The number of hydrogen-bond acceptors (Lipinski definition) is 4. The van der Waals surface area contributed by atoms with E-state index in [1.807, 2.05) is 18.3 Å². The first kappa shape index (κ1) is 28.8. The van der Waals surface area contributed by atoms with Crippen molar-refractivity contribution in [3.05, 3.63) is 192 Å². The van der Waals surface area contributed by atoms with Crippen molar-refractivity contribution >= 4 is 50.3 Å². The Kier molecular flexibility index (Phi) is 6.80. The molecule has 1 N–H and O–H groups in total. The summed E-state index contributed by atoms with van der Waals surface area (Å²) in [5, 5.41) is 5.81. The Bertz CT molecular complexity index is 2470. The minimum Gasteiger partial charge on any atom is -0.455 e. The van der Waals surface area contributed by atoms with E-state index in [1.54, 1.807) is 0 Å². The molecule has 4 aliphatic rings. The number of nitrogens with one attached hydrogen (secondary N) is 1. The second kappa shape index (κ2) is 11.8. The molecule has 3 heterocycles. The van der Waals surface area contributed by atoms with Crippen LogP contribution in [0.2, 0.25) is 0 Å². The van der Waals surface area contributed by atoms with Crippen LogP contribution in [-0.4, -0.2) is 12.0 Å². The van der Waals surface area contributed by atoms with Crippen molar-refractivity contribution in [3.63, 3.8) is 0 Å². The maximum absolute atomic E-state index is 6.42. The van der Waals surface area contributed by atoms with E-state index in [-0.39, 0.29) is 18.0 Å². The summed E-state index contributed by atoms with van der Waals surface area (Å²) < 4.78 is 6.42. The van der Waals surface area contributed by atoms with Crippen LogP contribution in [0.4, 0.5) is 5.69 Å². The number of guanidine groups is 1. The zero-order valence-electron chi connectivity index (χ0n) is 27.5. The Morgan fingerprint density at radius 2 is 1.54 bits per heavy atom. The van der Waals surface area contributed by atoms with Crippen LogP contribution in [-0.2, 0) is 0 Å². The van der Waals surface area contributed by atoms with Gasteiger partial charge in [-0.1, -0.05) is 140 Å². The van der Waals surface area contributed by atoms with E-state index < -0.39 is 0 Å². The molecule has 0 fully saturated rings. The molecular formula is C46H35N3O. The zero-order chi connectivity index (χ0) is 33.0. The van der Waals surface area contributed by atoms with E-state index in [9.17, 15) is 0 Å². The summed E-state index contributed by atoms with van der Waals surface area (Å²) >= 11 is 0. The summed E-state index contributed by atoms with van der Waals surface area (Å²) in [5.41, 5.74) is 13.1. The first-order chi connectivity index (χ1) is 24.8. The van der Waals surface area contributed by atoms with Crippen molar-refractivity contribution in [3.8, 4) is 0 Å². The topological polar surface area (TPSA) is 40.8 Å². The first-order valence-corrected chi connectivity index (χ1v) is 17.5. The lowest BCUT2D eigenvalue weighted by Gasteiger charge is -2.32. The molecule has 3 unspecified atom stereocenters. The molecule has 10 rings (SSSR count). The minimum absolute atomic E-state index is 0.0772. The van der Waals surface area contributed by atoms with Crippen molar-refractivity contribution in [1.29, 1.82) is 0 Å². The second-order valence-electron chi connectivity index (χ2n) is 13.5. The van der Waals surface area contributed by atoms with Gasteiger partial charge in [0.25, 0.3) is 0 Å². The molecule has 2 aliphatic heterocycles. The van der Waals surface area contributed by atoms with Crippen molar-refractivity contribution in [2.75, 3.05) is 4.90 Å². The van der Waals surface area contributed by atoms with Crippen LogP contribution in [0.3, 0.4) is 0 Å². The quantitative estimate of drug-likeness (QED) is 0.207. The van der Waals surface area contributed by atoms with Gasteiger partial charge >= 0.3 is 0 Å². The summed E-state index contributed by atoms with van der Waals surface area (Å²) in [7, 11) is 0. The lowest BCUT2D eigenvalue weighted by atomic mass is 9.86. The number of fused-ring (bicyclic) bond motifs is 6. The average molecular weight is 646 g/mol. The molecule has 0 radical (unpaired) electrons. The maximum Gasteiger partial charge on any atom is 0.204 e. The molecule has 5 aromatic carbocycles. The molecule has 0 spiro atoms. The minimum atomic E-state index is -0.0772. The largest absolute Gasteiger partial charge is 0.455 e. The van der Waals surface area contributed by atoms with E-state index in [0.29, 0.717) is 0 Å². The lowest BCUT2D eigenvalue weighted by Crippen LogP contribution is -2.45. The fourth-order valence-corrected chi connectivity index (χ4v) is 8.15. The van der Waals surface area contributed by atoms with Gasteiger partial charge in [0.05, 0.1) is 12.1 Å². The highest BCUT2D eigenvalue weighted by Crippen LogP contribution is 2.47. The summed E-state index contributed by atoms with van der Waals surface area (Å²) in [6.45, 7) is 0. The zero-order valence-corrected chi connectivity index (χ0v) is 27.5. The van der Waals surface area contributed by atoms with Crippen molar-refractivity contribution in [2.45, 2.75) is 30.8 Å². The molecule has 3 atom stereocenters. The van der Waals surface area contributed by atoms with Crippen LogP contribution in [0.25, 0.3) is 38.7 Å². The van der Waals surface area contributed by atoms with E-state index in [2.05, 4.69) is 156 Å². The molecule has 50 heavy (non-hydrogen) atoms. The third-order valence-electron chi connectivity index (χ3n) is 10.6. The SMILES string of the molecule is C1=CC(c2ccc(C3=CCCC(c4ccccc4)=C3)cc2)N=C(N2c3ccccc3C3C=C(c4cccc5c4oc4ccccc45)C=CC32)N1. The van der Waals surface area contributed by atoms with Gasteiger partial charge in [0.2, 0.25) is 5.96 Å². The van der Waals surface area contributed by atoms with E-state index in [1.165, 1.54) is 44.7 Å². The van der Waals surface area contributed by atoms with Gasteiger partial charge in [-0.25, -0.2) is 4.99 Å². The third-order valence-corrected chi connectivity index (χ3v) is 10.6. The van der Waals surface area contributed by atoms with Gasteiger partial charge in [0.1, 0.15) is 11.2 Å². The Balaban J connectivity index is 0.949. The molecule has 0 amide bonds. The highest BCUT2D eigenvalue weighted by atomic mass is 16.3. The molecule has 6 aromatic rings. The van der Waals surface area contributed by atoms with Gasteiger partial charge in [-0.2, -0.15) is 0 Å². The first-order valence-electron chi connectivity index (χ1n) is 17.5. The smallest absolute Gasteiger partial charge is 0.204 e. The van der Waals surface area contributed by atoms with Crippen LogP contribution >= 0.6 is 0 Å². The summed E-state index contributed by atoms with van der Waals surface area (Å²) in [5.74, 6) is 1.05. The number of furan rings is 1. The molecule has 4 nitrogen and oxygen atoms in total. The monoisotopic (exact) mass is 645 g/mol. The average Bonchev–Trinajstić information content (AvgIpc) is 3.74. The Labute approximate surface area is 291 Å². The normalized spacial score (nSPS) is 20.9. The number of anilines is 1. The third kappa shape index (κ3) is 4.79. The highest BCUT2D eigenvalue weighted by molar-refractivity contribution is 6.09. The fourth-order valence-electron chi connectivity index (χ4n) is 8.15. The summed E-state index contributed by atoms with van der Waals surface area (Å²) in [6, 6.07) is 43.2. The maximum atomic E-state index is 6.42. The summed E-state index contributed by atoms with van der Waals surface area (Å²) in [4.78, 5) is 7.68. The predicted octanol–water partition coefficient (Wildman–Crippen LogP) is 11.0. The molecule has 240 valence electrons. The standard InChI is InChI=1S/C46H35N3O/c1-2-10-30(11-3-1)33-12-8-13-34(28-33)31-20-22-32(23-21-31)41-26-27-47-46(48-41)49-42-18-6-4-14-37(42)40-29-35(24-25-43(40)49)36-16-9-17-39-38-15-5-7-19-44(38)50-45(36)39/h1-7,9-11,13-29,40-41,43H,8,12H2,(H,47,48). The van der Waals surface area contributed by atoms with Gasteiger partial charge in [-0.3, -0.25) is 0 Å². The fraction of sp³-hybridized carbons (Fsp3) is 0.109. The molecule has 0 saturated carbocycles. The Morgan fingerprint density at radius 1 is 0.720 bits per heavy atom. The van der Waals surface area contributed by atoms with Crippen LogP contribution < -0.4 is 10.2 Å². The van der Waals surface area contributed by atoms with Gasteiger partial charge in [0.15, 0.2) is 0 Å². The molecule has 1 aromatic heterocycles. The number of rotatable bonds is 4. The van der Waals surface area contributed by atoms with Gasteiger partial charge in [-0.15, -0.1) is 0 Å².